The van der Waals surface area contributed by atoms with E-state index in [1.165, 1.54) is 18.7 Å². The Labute approximate surface area is 141 Å². The fraction of sp³-hybridized carbons (Fsp3) is 0.278. The number of anilines is 1. The summed E-state index contributed by atoms with van der Waals surface area (Å²) in [6.07, 6.45) is 0. The van der Waals surface area contributed by atoms with Crippen molar-refractivity contribution in [3.8, 4) is 5.75 Å². The van der Waals surface area contributed by atoms with Gasteiger partial charge in [-0.2, -0.15) is 0 Å². The molecule has 0 aliphatic rings. The van der Waals surface area contributed by atoms with Crippen molar-refractivity contribution in [1.29, 1.82) is 0 Å². The molecule has 0 saturated heterocycles. The molecule has 3 nitrogen and oxygen atoms in total. The van der Waals surface area contributed by atoms with E-state index in [0.29, 0.717) is 11.3 Å². The highest BCUT2D eigenvalue weighted by Gasteiger charge is 2.12. The molecule has 0 atom stereocenters. The molecule has 0 radical (unpaired) electrons. The predicted molar refractivity (Wildman–Crippen MR) is 94.6 cm³/mol. The molecule has 0 amide bonds. The summed E-state index contributed by atoms with van der Waals surface area (Å²) in [5, 5.41) is 3.04. The van der Waals surface area contributed by atoms with E-state index >= 15 is 0 Å². The zero-order chi connectivity index (χ0) is 17.0. The molecule has 0 aliphatic heterocycles. The highest BCUT2D eigenvalue weighted by Crippen LogP contribution is 2.26. The third kappa shape index (κ3) is 4.20. The molecule has 0 fully saturated rings. The van der Waals surface area contributed by atoms with Crippen LogP contribution in [0.1, 0.15) is 22.3 Å². The van der Waals surface area contributed by atoms with Gasteiger partial charge in [0.2, 0.25) is 0 Å². The molecule has 0 saturated carbocycles. The quantitative estimate of drug-likeness (QED) is 0.824. The Morgan fingerprint density at radius 2 is 1.83 bits per heavy atom. The smallest absolute Gasteiger partial charge is 0.260 e. The fourth-order valence-electron chi connectivity index (χ4n) is 2.22. The second-order valence-electron chi connectivity index (χ2n) is 5.37. The van der Waals surface area contributed by atoms with Gasteiger partial charge in [0.25, 0.3) is 5.17 Å². The lowest BCUT2D eigenvalue weighted by Crippen LogP contribution is -2.14. The van der Waals surface area contributed by atoms with Crippen LogP contribution in [0.2, 0.25) is 0 Å². The number of hydrogen-bond donors (Lipinski definition) is 1. The Kier molecular flexibility index (Phi) is 5.55. The van der Waals surface area contributed by atoms with Gasteiger partial charge in [-0.25, -0.2) is 4.39 Å². The van der Waals surface area contributed by atoms with Crippen molar-refractivity contribution in [2.24, 2.45) is 0 Å². The normalized spacial score (nSPS) is 10.3. The van der Waals surface area contributed by atoms with Gasteiger partial charge < -0.3 is 14.8 Å². The van der Waals surface area contributed by atoms with Gasteiger partial charge in [-0.1, -0.05) is 12.1 Å². The molecule has 0 spiro atoms. The van der Waals surface area contributed by atoms with Crippen LogP contribution in [0, 0.1) is 26.6 Å². The zero-order valence-electron chi connectivity index (χ0n) is 13.7. The van der Waals surface area contributed by atoms with Crippen molar-refractivity contribution >= 4 is 23.1 Å². The molecule has 0 heterocycles. The summed E-state index contributed by atoms with van der Waals surface area (Å²) in [6, 6.07) is 8.78. The average molecular weight is 333 g/mol. The molecule has 122 valence electrons. The van der Waals surface area contributed by atoms with Crippen LogP contribution in [0.3, 0.4) is 0 Å². The van der Waals surface area contributed by atoms with E-state index in [1.54, 1.807) is 12.1 Å². The molecule has 23 heavy (non-hydrogen) atoms. The van der Waals surface area contributed by atoms with Gasteiger partial charge in [0.1, 0.15) is 18.2 Å². The first-order valence-electron chi connectivity index (χ1n) is 7.25. The van der Waals surface area contributed by atoms with Crippen LogP contribution < -0.4 is 10.1 Å². The Bertz CT molecular complexity index is 731. The Hall–Kier alpha value is -2.14. The third-order valence-electron chi connectivity index (χ3n) is 3.70. The Morgan fingerprint density at radius 1 is 1.13 bits per heavy atom. The summed E-state index contributed by atoms with van der Waals surface area (Å²) in [6.45, 7) is 6.15. The molecule has 1 N–H and O–H groups in total. The van der Waals surface area contributed by atoms with Gasteiger partial charge >= 0.3 is 0 Å². The van der Waals surface area contributed by atoms with Crippen molar-refractivity contribution in [3.63, 3.8) is 0 Å². The minimum Gasteiger partial charge on any atom is -0.488 e. The van der Waals surface area contributed by atoms with Crippen molar-refractivity contribution in [1.82, 2.24) is 0 Å². The number of methoxy groups -OCH3 is 1. The van der Waals surface area contributed by atoms with Gasteiger partial charge in [0.05, 0.1) is 12.8 Å². The minimum atomic E-state index is -0.351. The van der Waals surface area contributed by atoms with Crippen LogP contribution in [0.5, 0.6) is 5.75 Å². The van der Waals surface area contributed by atoms with Crippen LogP contribution in [-0.4, -0.2) is 12.3 Å². The first-order valence-corrected chi connectivity index (χ1v) is 7.66. The summed E-state index contributed by atoms with van der Waals surface area (Å²) in [7, 11) is 1.46. The SMILES string of the molecule is COC(=S)Nc1cccc(F)c1COc1cc(C)c(C)cc1C. The van der Waals surface area contributed by atoms with Gasteiger partial charge in [0.15, 0.2) is 0 Å². The first-order chi connectivity index (χ1) is 10.9. The number of thiocarbonyl (C=S) groups is 1. The highest BCUT2D eigenvalue weighted by atomic mass is 32.1. The maximum absolute atomic E-state index is 14.1. The highest BCUT2D eigenvalue weighted by molar-refractivity contribution is 7.80. The molecule has 0 aromatic heterocycles. The lowest BCUT2D eigenvalue weighted by Gasteiger charge is -2.15. The molecule has 0 bridgehead atoms. The molecule has 2 aromatic rings. The average Bonchev–Trinajstić information content (AvgIpc) is 2.51. The van der Waals surface area contributed by atoms with Crippen molar-refractivity contribution < 1.29 is 13.9 Å². The standard InChI is InChI=1S/C18H20FNO2S/c1-11-8-13(3)17(9-12(11)2)22-10-14-15(19)6-5-7-16(14)20-18(23)21-4/h5-9H,10H2,1-4H3,(H,20,23). The molecule has 0 unspecified atom stereocenters. The van der Waals surface area contributed by atoms with Gasteiger partial charge in [-0.05, 0) is 67.9 Å². The number of halogens is 1. The lowest BCUT2D eigenvalue weighted by molar-refractivity contribution is 0.298. The monoisotopic (exact) mass is 333 g/mol. The van der Waals surface area contributed by atoms with Gasteiger partial charge in [-0.15, -0.1) is 0 Å². The minimum absolute atomic E-state index is 0.102. The second kappa shape index (κ2) is 7.42. The summed E-state index contributed by atoms with van der Waals surface area (Å²) in [5.74, 6) is 0.395. The first kappa shape index (κ1) is 17.2. The van der Waals surface area contributed by atoms with E-state index in [4.69, 9.17) is 21.7 Å². The number of nitrogens with one attached hydrogen (secondary N) is 1. The van der Waals surface area contributed by atoms with E-state index in [9.17, 15) is 4.39 Å². The molecule has 5 heteroatoms. The number of hydrogen-bond acceptors (Lipinski definition) is 3. The van der Waals surface area contributed by atoms with E-state index in [-0.39, 0.29) is 17.6 Å². The molecular weight excluding hydrogens is 313 g/mol. The van der Waals surface area contributed by atoms with Crippen LogP contribution in [0.4, 0.5) is 10.1 Å². The molecule has 0 aliphatic carbocycles. The summed E-state index contributed by atoms with van der Waals surface area (Å²) in [5.41, 5.74) is 4.31. The second-order valence-corrected chi connectivity index (χ2v) is 5.74. The number of ether oxygens (including phenoxy) is 2. The van der Waals surface area contributed by atoms with Gasteiger partial charge in [-0.3, -0.25) is 0 Å². The van der Waals surface area contributed by atoms with Crippen LogP contribution in [0.15, 0.2) is 30.3 Å². The Morgan fingerprint density at radius 3 is 2.52 bits per heavy atom. The number of rotatable bonds is 4. The maximum atomic E-state index is 14.1. The van der Waals surface area contributed by atoms with E-state index in [2.05, 4.69) is 18.3 Å². The topological polar surface area (TPSA) is 30.5 Å². The molecule has 2 rings (SSSR count). The van der Waals surface area contributed by atoms with Gasteiger partial charge in [0, 0.05) is 5.56 Å². The number of aryl methyl sites for hydroxylation is 3. The van der Waals surface area contributed by atoms with Crippen LogP contribution >= 0.6 is 12.2 Å². The zero-order valence-corrected chi connectivity index (χ0v) is 14.5. The molecule has 2 aromatic carbocycles. The van der Waals surface area contributed by atoms with Crippen LogP contribution in [-0.2, 0) is 11.3 Å². The number of benzene rings is 2. The maximum Gasteiger partial charge on any atom is 0.260 e. The summed E-state index contributed by atoms with van der Waals surface area (Å²) >= 11 is 4.97. The van der Waals surface area contributed by atoms with E-state index < -0.39 is 0 Å². The molecular formula is C18H20FNO2S. The van der Waals surface area contributed by atoms with E-state index in [0.717, 1.165) is 16.9 Å². The Balaban J connectivity index is 2.23. The van der Waals surface area contributed by atoms with E-state index in [1.807, 2.05) is 19.9 Å². The fourth-order valence-corrected chi connectivity index (χ4v) is 2.33. The largest absolute Gasteiger partial charge is 0.488 e. The summed E-state index contributed by atoms with van der Waals surface area (Å²) < 4.78 is 24.9. The van der Waals surface area contributed by atoms with Crippen molar-refractivity contribution in [3.05, 3.63) is 58.4 Å². The van der Waals surface area contributed by atoms with Crippen molar-refractivity contribution in [2.45, 2.75) is 27.4 Å². The third-order valence-corrected chi connectivity index (χ3v) is 3.97. The lowest BCUT2D eigenvalue weighted by atomic mass is 10.1. The van der Waals surface area contributed by atoms with Crippen molar-refractivity contribution in [2.75, 3.05) is 12.4 Å². The predicted octanol–water partition coefficient (Wildman–Crippen LogP) is 4.67. The van der Waals surface area contributed by atoms with Crippen LogP contribution in [0.25, 0.3) is 0 Å². The summed E-state index contributed by atoms with van der Waals surface area (Å²) in [4.78, 5) is 0.